The molecule has 1 aromatic rings. The fourth-order valence-corrected chi connectivity index (χ4v) is 1.75. The van der Waals surface area contributed by atoms with Crippen LogP contribution in [0.3, 0.4) is 0 Å². The number of hydrogen-bond acceptors (Lipinski definition) is 2. The van der Waals surface area contributed by atoms with Gasteiger partial charge < -0.3 is 11.1 Å². The normalized spacial score (nSPS) is 17.0. The molecule has 0 radical (unpaired) electrons. The van der Waals surface area contributed by atoms with Gasteiger partial charge in [0.05, 0.1) is 6.04 Å². The van der Waals surface area contributed by atoms with E-state index in [1.54, 1.807) is 0 Å². The van der Waals surface area contributed by atoms with Crippen molar-refractivity contribution in [1.82, 2.24) is 5.32 Å². The summed E-state index contributed by atoms with van der Waals surface area (Å²) in [5.41, 5.74) is 6.54. The van der Waals surface area contributed by atoms with Crippen molar-refractivity contribution >= 4 is 5.91 Å². The van der Waals surface area contributed by atoms with Gasteiger partial charge in [0.15, 0.2) is 0 Å². The van der Waals surface area contributed by atoms with Gasteiger partial charge in [-0.05, 0) is 37.3 Å². The molecule has 1 fully saturated rings. The molecule has 1 aliphatic rings. The highest BCUT2D eigenvalue weighted by Gasteiger charge is 2.23. The Balaban J connectivity index is 1.88. The first-order chi connectivity index (χ1) is 7.75. The first-order valence-electron chi connectivity index (χ1n) is 5.82. The number of carbonyl (C=O) groups is 1. The maximum atomic E-state index is 11.3. The maximum Gasteiger partial charge on any atom is 0.234 e. The van der Waals surface area contributed by atoms with Crippen molar-refractivity contribution in [3.8, 4) is 0 Å². The van der Waals surface area contributed by atoms with Gasteiger partial charge in [0.2, 0.25) is 5.91 Å². The summed E-state index contributed by atoms with van der Waals surface area (Å²) in [4.78, 5) is 11.3. The zero-order chi connectivity index (χ0) is 11.4. The second kappa shape index (κ2) is 5.12. The molecular weight excluding hydrogens is 200 g/mol. The standard InChI is InChI=1S/C13H18N2O/c14-13(16)12(15-9-11-6-7-11)8-10-4-2-1-3-5-10/h1-5,11-12,15H,6-9H2,(H2,14,16). The minimum atomic E-state index is -0.260. The molecule has 0 spiro atoms. The van der Waals surface area contributed by atoms with Crippen LogP contribution in [0.2, 0.25) is 0 Å². The predicted molar refractivity (Wildman–Crippen MR) is 63.9 cm³/mol. The number of nitrogens with two attached hydrogens (primary N) is 1. The van der Waals surface area contributed by atoms with Crippen LogP contribution in [-0.4, -0.2) is 18.5 Å². The molecule has 86 valence electrons. The van der Waals surface area contributed by atoms with E-state index >= 15 is 0 Å². The van der Waals surface area contributed by atoms with Crippen LogP contribution in [0.5, 0.6) is 0 Å². The summed E-state index contributed by atoms with van der Waals surface area (Å²) < 4.78 is 0. The Bertz CT molecular complexity index is 346. The van der Waals surface area contributed by atoms with Gasteiger partial charge in [0.1, 0.15) is 0 Å². The second-order valence-corrected chi connectivity index (χ2v) is 4.50. The van der Waals surface area contributed by atoms with Crippen LogP contribution >= 0.6 is 0 Å². The number of benzene rings is 1. The number of rotatable bonds is 6. The third kappa shape index (κ3) is 3.35. The minimum absolute atomic E-state index is 0.233. The lowest BCUT2D eigenvalue weighted by Gasteiger charge is -2.15. The zero-order valence-corrected chi connectivity index (χ0v) is 9.36. The summed E-state index contributed by atoms with van der Waals surface area (Å²) in [5, 5.41) is 3.26. The monoisotopic (exact) mass is 218 g/mol. The van der Waals surface area contributed by atoms with Crippen LogP contribution in [0.1, 0.15) is 18.4 Å². The Morgan fingerprint density at radius 3 is 2.62 bits per heavy atom. The van der Waals surface area contributed by atoms with Crippen LogP contribution in [-0.2, 0) is 11.2 Å². The Labute approximate surface area is 96.0 Å². The Hall–Kier alpha value is -1.35. The highest BCUT2D eigenvalue weighted by atomic mass is 16.1. The van der Waals surface area contributed by atoms with E-state index in [0.717, 1.165) is 18.0 Å². The van der Waals surface area contributed by atoms with Gasteiger partial charge in [-0.1, -0.05) is 30.3 Å². The lowest BCUT2D eigenvalue weighted by Crippen LogP contribution is -2.43. The summed E-state index contributed by atoms with van der Waals surface area (Å²) in [6.07, 6.45) is 3.25. The van der Waals surface area contributed by atoms with Crippen molar-refractivity contribution in [2.24, 2.45) is 11.7 Å². The maximum absolute atomic E-state index is 11.3. The molecule has 3 N–H and O–H groups in total. The molecular formula is C13H18N2O. The first-order valence-corrected chi connectivity index (χ1v) is 5.82. The van der Waals surface area contributed by atoms with Gasteiger partial charge in [0, 0.05) is 0 Å². The molecule has 1 saturated carbocycles. The predicted octanol–water partition coefficient (Wildman–Crippen LogP) is 1.08. The molecule has 1 unspecified atom stereocenters. The highest BCUT2D eigenvalue weighted by molar-refractivity contribution is 5.80. The lowest BCUT2D eigenvalue weighted by molar-refractivity contribution is -0.120. The van der Waals surface area contributed by atoms with E-state index in [1.807, 2.05) is 30.3 Å². The van der Waals surface area contributed by atoms with Crippen molar-refractivity contribution in [3.05, 3.63) is 35.9 Å². The van der Waals surface area contributed by atoms with Crippen molar-refractivity contribution in [2.45, 2.75) is 25.3 Å². The number of nitrogens with one attached hydrogen (secondary N) is 1. The van der Waals surface area contributed by atoms with Gasteiger partial charge in [-0.2, -0.15) is 0 Å². The number of hydrogen-bond donors (Lipinski definition) is 2. The fourth-order valence-electron chi connectivity index (χ4n) is 1.75. The molecule has 0 aliphatic heterocycles. The minimum Gasteiger partial charge on any atom is -0.368 e. The summed E-state index contributed by atoms with van der Waals surface area (Å²) in [5.74, 6) is 0.502. The molecule has 1 atom stereocenters. The van der Waals surface area contributed by atoms with Crippen molar-refractivity contribution in [1.29, 1.82) is 0 Å². The van der Waals surface area contributed by atoms with Crippen LogP contribution < -0.4 is 11.1 Å². The van der Waals surface area contributed by atoms with E-state index in [0.29, 0.717) is 6.42 Å². The summed E-state index contributed by atoms with van der Waals surface area (Å²) in [6, 6.07) is 9.75. The lowest BCUT2D eigenvalue weighted by atomic mass is 10.1. The van der Waals surface area contributed by atoms with Crippen LogP contribution in [0.25, 0.3) is 0 Å². The molecule has 0 heterocycles. The van der Waals surface area contributed by atoms with Crippen molar-refractivity contribution < 1.29 is 4.79 Å². The van der Waals surface area contributed by atoms with E-state index in [-0.39, 0.29) is 11.9 Å². The molecule has 0 saturated heterocycles. The molecule has 0 bridgehead atoms. The second-order valence-electron chi connectivity index (χ2n) is 4.50. The Kier molecular flexibility index (Phi) is 3.57. The number of amides is 1. The molecule has 2 rings (SSSR count). The molecule has 1 aliphatic carbocycles. The average molecular weight is 218 g/mol. The van der Waals surface area contributed by atoms with Crippen molar-refractivity contribution in [2.75, 3.05) is 6.54 Å². The average Bonchev–Trinajstić information content (AvgIpc) is 3.09. The molecule has 1 amide bonds. The van der Waals surface area contributed by atoms with Crippen LogP contribution in [0.4, 0.5) is 0 Å². The van der Waals surface area contributed by atoms with E-state index in [1.165, 1.54) is 12.8 Å². The van der Waals surface area contributed by atoms with Gasteiger partial charge in [0.25, 0.3) is 0 Å². The van der Waals surface area contributed by atoms with E-state index < -0.39 is 0 Å². The smallest absolute Gasteiger partial charge is 0.234 e. The summed E-state index contributed by atoms with van der Waals surface area (Å²) in [6.45, 7) is 0.917. The SMILES string of the molecule is NC(=O)C(Cc1ccccc1)NCC1CC1. The molecule has 16 heavy (non-hydrogen) atoms. The third-order valence-corrected chi connectivity index (χ3v) is 2.98. The van der Waals surface area contributed by atoms with Crippen LogP contribution in [0.15, 0.2) is 30.3 Å². The molecule has 3 nitrogen and oxygen atoms in total. The van der Waals surface area contributed by atoms with Gasteiger partial charge >= 0.3 is 0 Å². The van der Waals surface area contributed by atoms with E-state index in [4.69, 9.17) is 5.73 Å². The van der Waals surface area contributed by atoms with E-state index in [9.17, 15) is 4.79 Å². The highest BCUT2D eigenvalue weighted by Crippen LogP contribution is 2.27. The molecule has 0 aromatic heterocycles. The van der Waals surface area contributed by atoms with Gasteiger partial charge in [-0.15, -0.1) is 0 Å². The van der Waals surface area contributed by atoms with Crippen LogP contribution in [0, 0.1) is 5.92 Å². The number of carbonyl (C=O) groups excluding carboxylic acids is 1. The zero-order valence-electron chi connectivity index (χ0n) is 9.36. The summed E-state index contributed by atoms with van der Waals surface area (Å²) in [7, 11) is 0. The van der Waals surface area contributed by atoms with E-state index in [2.05, 4.69) is 5.32 Å². The van der Waals surface area contributed by atoms with Gasteiger partial charge in [-0.3, -0.25) is 4.79 Å². The number of primary amides is 1. The third-order valence-electron chi connectivity index (χ3n) is 2.98. The molecule has 1 aromatic carbocycles. The quantitative estimate of drug-likeness (QED) is 0.750. The topological polar surface area (TPSA) is 55.1 Å². The largest absolute Gasteiger partial charge is 0.368 e. The Morgan fingerprint density at radius 2 is 2.06 bits per heavy atom. The Morgan fingerprint density at radius 1 is 1.38 bits per heavy atom. The fraction of sp³-hybridized carbons (Fsp3) is 0.462. The summed E-state index contributed by atoms with van der Waals surface area (Å²) >= 11 is 0. The van der Waals surface area contributed by atoms with Gasteiger partial charge in [-0.25, -0.2) is 0 Å². The van der Waals surface area contributed by atoms with Crippen molar-refractivity contribution in [3.63, 3.8) is 0 Å². The first kappa shape index (κ1) is 11.1. The molecule has 3 heteroatoms.